The Balaban J connectivity index is 4.18. The monoisotopic (exact) mass is 624 g/mol. The van der Waals surface area contributed by atoms with Crippen LogP contribution in [0.5, 0.6) is 0 Å². The molecule has 2 atom stereocenters. The van der Waals surface area contributed by atoms with Crippen LogP contribution in [0, 0.1) is 0 Å². The predicted octanol–water partition coefficient (Wildman–Crippen LogP) is 7.14. The molecular weight excluding hydrogens is 560 g/mol. The number of esters is 1. The smallest absolute Gasteiger partial charge is 0.328 e. The Kier molecular flexibility index (Phi) is 28.9. The Bertz CT molecular complexity index is 772. The summed E-state index contributed by atoms with van der Waals surface area (Å²) in [4.78, 5) is 47.1. The number of carbonyl (C=O) groups is 4. The highest BCUT2D eigenvalue weighted by Crippen LogP contribution is 2.18. The van der Waals surface area contributed by atoms with Crippen LogP contribution in [0.15, 0.2) is 12.2 Å². The zero-order valence-corrected chi connectivity index (χ0v) is 27.9. The van der Waals surface area contributed by atoms with Crippen molar-refractivity contribution in [2.24, 2.45) is 0 Å². The summed E-state index contributed by atoms with van der Waals surface area (Å²) >= 11 is 0. The first-order valence-electron chi connectivity index (χ1n) is 17.6. The molecule has 0 spiro atoms. The van der Waals surface area contributed by atoms with Crippen molar-refractivity contribution in [3.8, 4) is 0 Å². The van der Waals surface area contributed by atoms with Crippen LogP contribution in [-0.2, 0) is 23.9 Å². The number of unbranched alkanes of at least 4 members (excludes halogenated alkanes) is 15. The van der Waals surface area contributed by atoms with Gasteiger partial charge in [0.2, 0.25) is 11.8 Å². The summed E-state index contributed by atoms with van der Waals surface area (Å²) in [5.74, 6) is -2.31. The van der Waals surface area contributed by atoms with Gasteiger partial charge in [-0.1, -0.05) is 103 Å². The summed E-state index contributed by atoms with van der Waals surface area (Å²) in [6.07, 6.45) is 28.2. The molecule has 0 aliphatic carbocycles. The zero-order valence-electron chi connectivity index (χ0n) is 27.9. The minimum Gasteiger partial charge on any atom is -0.480 e. The van der Waals surface area contributed by atoms with E-state index in [1.165, 1.54) is 64.2 Å². The van der Waals surface area contributed by atoms with Crippen LogP contribution >= 0.6 is 0 Å². The second-order valence-electron chi connectivity index (χ2n) is 12.0. The number of carboxylic acids is 1. The van der Waals surface area contributed by atoms with Gasteiger partial charge in [0.25, 0.3) is 0 Å². The van der Waals surface area contributed by atoms with Gasteiger partial charge in [-0.05, 0) is 57.8 Å². The molecule has 44 heavy (non-hydrogen) atoms. The second kappa shape index (κ2) is 30.6. The molecule has 0 heterocycles. The first-order chi connectivity index (χ1) is 21.3. The third kappa shape index (κ3) is 27.2. The van der Waals surface area contributed by atoms with E-state index >= 15 is 0 Å². The lowest BCUT2D eigenvalue weighted by Crippen LogP contribution is -2.47. The van der Waals surface area contributed by atoms with Gasteiger partial charge in [-0.15, -0.1) is 0 Å². The zero-order chi connectivity index (χ0) is 32.7. The maximum Gasteiger partial charge on any atom is 0.328 e. The van der Waals surface area contributed by atoms with Crippen molar-refractivity contribution >= 4 is 23.8 Å². The fraction of sp³-hybridized carbons (Fsp3) is 0.829. The largest absolute Gasteiger partial charge is 0.480 e. The maximum atomic E-state index is 12.6. The standard InChI is InChI=1S/C35H64N2O7/c1-3-5-7-9-11-12-13-14-19-23-27-34(41)44-30(24-20-16-10-8-6-4-2)25-21-17-15-18-22-26-32(39)36-28-33(40)37-31(29-38)35(42)43/h7,9,30-31,38H,3-6,8,10-29H2,1-2H3,(H,36,39)(H,37,40)(H,42,43)/b9-7-. The van der Waals surface area contributed by atoms with Crippen molar-refractivity contribution in [3.05, 3.63) is 12.2 Å². The van der Waals surface area contributed by atoms with E-state index < -0.39 is 24.5 Å². The number of ether oxygens (including phenoxy) is 1. The SMILES string of the molecule is CCC/C=C\CCCCCCCC(=O)OC(CCCCCCCC)CCCCCCCC(=O)NCC(=O)NC(CO)C(=O)O. The number of hydrogen-bond donors (Lipinski definition) is 4. The number of carboxylic acid groups (broad SMARTS) is 1. The number of aliphatic carboxylic acids is 1. The molecule has 0 aromatic rings. The molecule has 0 saturated heterocycles. The molecule has 0 rings (SSSR count). The van der Waals surface area contributed by atoms with E-state index in [9.17, 15) is 19.2 Å². The molecule has 9 heteroatoms. The Morgan fingerprint density at radius 3 is 1.80 bits per heavy atom. The van der Waals surface area contributed by atoms with Gasteiger partial charge < -0.3 is 25.6 Å². The summed E-state index contributed by atoms with van der Waals surface area (Å²) in [5, 5.41) is 22.4. The lowest BCUT2D eigenvalue weighted by Gasteiger charge is -2.18. The average Bonchev–Trinajstić information content (AvgIpc) is 3.00. The third-order valence-corrected chi connectivity index (χ3v) is 7.74. The molecule has 0 saturated carbocycles. The van der Waals surface area contributed by atoms with E-state index in [2.05, 4.69) is 36.6 Å². The molecule has 0 radical (unpaired) electrons. The van der Waals surface area contributed by atoms with Crippen LogP contribution in [0.3, 0.4) is 0 Å². The molecular formula is C35H64N2O7. The van der Waals surface area contributed by atoms with Crippen molar-refractivity contribution in [2.45, 2.75) is 174 Å². The molecule has 4 N–H and O–H groups in total. The Morgan fingerprint density at radius 1 is 0.659 bits per heavy atom. The maximum absolute atomic E-state index is 12.6. The van der Waals surface area contributed by atoms with E-state index in [0.717, 1.165) is 64.2 Å². The molecule has 9 nitrogen and oxygen atoms in total. The molecule has 256 valence electrons. The van der Waals surface area contributed by atoms with Gasteiger partial charge in [0.15, 0.2) is 0 Å². The van der Waals surface area contributed by atoms with E-state index in [1.54, 1.807) is 0 Å². The van der Waals surface area contributed by atoms with Crippen LogP contribution in [0.2, 0.25) is 0 Å². The number of aliphatic hydroxyl groups excluding tert-OH is 1. The summed E-state index contributed by atoms with van der Waals surface area (Å²) < 4.78 is 5.93. The van der Waals surface area contributed by atoms with Crippen LogP contribution in [0.4, 0.5) is 0 Å². The summed E-state index contributed by atoms with van der Waals surface area (Å²) in [6, 6.07) is -1.38. The number of nitrogens with one attached hydrogen (secondary N) is 2. The summed E-state index contributed by atoms with van der Waals surface area (Å²) in [6.45, 7) is 3.38. The number of allylic oxidation sites excluding steroid dienone is 2. The highest BCUT2D eigenvalue weighted by Gasteiger charge is 2.19. The molecule has 0 aromatic carbocycles. The highest BCUT2D eigenvalue weighted by molar-refractivity contribution is 5.87. The molecule has 0 aliphatic heterocycles. The van der Waals surface area contributed by atoms with Gasteiger partial charge in [-0.25, -0.2) is 4.79 Å². The number of rotatable bonds is 31. The van der Waals surface area contributed by atoms with Crippen LogP contribution in [-0.4, -0.2) is 59.3 Å². The van der Waals surface area contributed by atoms with Gasteiger partial charge in [-0.2, -0.15) is 0 Å². The number of amides is 2. The van der Waals surface area contributed by atoms with E-state index in [1.807, 2.05) is 0 Å². The van der Waals surface area contributed by atoms with Crippen LogP contribution in [0.1, 0.15) is 162 Å². The minimum atomic E-state index is -1.38. The van der Waals surface area contributed by atoms with Gasteiger partial charge in [0.1, 0.15) is 12.1 Å². The van der Waals surface area contributed by atoms with Crippen molar-refractivity contribution in [2.75, 3.05) is 13.2 Å². The van der Waals surface area contributed by atoms with Crippen LogP contribution in [0.25, 0.3) is 0 Å². The molecule has 2 unspecified atom stereocenters. The molecule has 0 bridgehead atoms. The second-order valence-corrected chi connectivity index (χ2v) is 12.0. The predicted molar refractivity (Wildman–Crippen MR) is 176 cm³/mol. The van der Waals surface area contributed by atoms with Crippen LogP contribution < -0.4 is 10.6 Å². The topological polar surface area (TPSA) is 142 Å². The first kappa shape index (κ1) is 41.6. The molecule has 0 aliphatic rings. The highest BCUT2D eigenvalue weighted by atomic mass is 16.5. The van der Waals surface area contributed by atoms with Crippen molar-refractivity contribution < 1.29 is 34.1 Å². The Morgan fingerprint density at radius 2 is 1.20 bits per heavy atom. The number of aliphatic hydroxyl groups is 1. The van der Waals surface area contributed by atoms with E-state index in [-0.39, 0.29) is 24.5 Å². The lowest BCUT2D eigenvalue weighted by atomic mass is 10.0. The van der Waals surface area contributed by atoms with Crippen molar-refractivity contribution in [3.63, 3.8) is 0 Å². The average molecular weight is 625 g/mol. The normalized spacial score (nSPS) is 12.6. The van der Waals surface area contributed by atoms with Crippen molar-refractivity contribution in [1.82, 2.24) is 10.6 Å². The number of carbonyl (C=O) groups excluding carboxylic acids is 3. The first-order valence-corrected chi connectivity index (χ1v) is 17.6. The van der Waals surface area contributed by atoms with E-state index in [0.29, 0.717) is 19.3 Å². The van der Waals surface area contributed by atoms with Gasteiger partial charge >= 0.3 is 11.9 Å². The minimum absolute atomic E-state index is 0.00735. The van der Waals surface area contributed by atoms with Crippen molar-refractivity contribution in [1.29, 1.82) is 0 Å². The Hall–Kier alpha value is -2.42. The molecule has 0 aromatic heterocycles. The summed E-state index contributed by atoms with van der Waals surface area (Å²) in [7, 11) is 0. The van der Waals surface area contributed by atoms with Gasteiger partial charge in [0, 0.05) is 12.8 Å². The van der Waals surface area contributed by atoms with Gasteiger partial charge in [-0.3, -0.25) is 14.4 Å². The fourth-order valence-corrected chi connectivity index (χ4v) is 5.01. The third-order valence-electron chi connectivity index (χ3n) is 7.74. The number of hydrogen-bond acceptors (Lipinski definition) is 6. The van der Waals surface area contributed by atoms with Gasteiger partial charge in [0.05, 0.1) is 13.2 Å². The quantitative estimate of drug-likeness (QED) is 0.0365. The molecule has 0 fully saturated rings. The van der Waals surface area contributed by atoms with E-state index in [4.69, 9.17) is 14.9 Å². The lowest BCUT2D eigenvalue weighted by molar-refractivity contribution is -0.150. The summed E-state index contributed by atoms with van der Waals surface area (Å²) in [5.41, 5.74) is 0. The Labute approximate surface area is 267 Å². The molecule has 2 amide bonds. The fourth-order valence-electron chi connectivity index (χ4n) is 5.01.